The molecule has 1 saturated heterocycles. The summed E-state index contributed by atoms with van der Waals surface area (Å²) < 4.78 is 34.8. The Morgan fingerprint density at radius 1 is 0.963 bits per heavy atom. The van der Waals surface area contributed by atoms with E-state index in [0.717, 1.165) is 12.3 Å². The lowest BCUT2D eigenvalue weighted by Gasteiger charge is -2.38. The fourth-order valence-electron chi connectivity index (χ4n) is 7.37. The molecule has 4 heterocycles. The van der Waals surface area contributed by atoms with Crippen molar-refractivity contribution < 1.29 is 67.7 Å². The lowest BCUT2D eigenvalue weighted by Crippen LogP contribution is -2.46. The third-order valence-corrected chi connectivity index (χ3v) is 10.6. The third-order valence-electron chi connectivity index (χ3n) is 10.6. The molecule has 6 rings (SSSR count). The molecule has 4 N–H and O–H groups in total. The molecule has 15 heteroatoms. The highest BCUT2D eigenvalue weighted by molar-refractivity contribution is 6.19. The smallest absolute Gasteiger partial charge is 0.335 e. The number of nitrogens with one attached hydrogen (secondary N) is 1. The van der Waals surface area contributed by atoms with Gasteiger partial charge in [-0.3, -0.25) is 19.2 Å². The number of Topliss-reactive ketones (excluding diaryl/α,β-unsaturated/α-hetero) is 2. The molecule has 0 aromatic heterocycles. The van der Waals surface area contributed by atoms with Crippen LogP contribution in [-0.2, 0) is 43.9 Å². The molecular weight excluding hydrogens is 706 g/mol. The Kier molecular flexibility index (Phi) is 11.3. The van der Waals surface area contributed by atoms with E-state index < -0.39 is 107 Å². The molecule has 1 unspecified atom stereocenters. The van der Waals surface area contributed by atoms with Crippen LogP contribution in [-0.4, -0.2) is 88.7 Å². The van der Waals surface area contributed by atoms with Gasteiger partial charge in [-0.2, -0.15) is 0 Å². The molecule has 1 aromatic rings. The van der Waals surface area contributed by atoms with E-state index in [0.29, 0.717) is 0 Å². The summed E-state index contributed by atoms with van der Waals surface area (Å²) in [6.45, 7) is 11.7. The normalized spacial score (nSPS) is 36.6. The Bertz CT molecular complexity index is 1880. The molecule has 15 nitrogen and oxygen atoms in total. The number of esters is 2. The van der Waals surface area contributed by atoms with Crippen LogP contribution in [0.15, 0.2) is 47.9 Å². The number of aliphatic hydroxyl groups excluding tert-OH is 2. The molecule has 1 fully saturated rings. The van der Waals surface area contributed by atoms with E-state index in [1.165, 1.54) is 47.0 Å². The van der Waals surface area contributed by atoms with Gasteiger partial charge in [-0.15, -0.1) is 0 Å². The van der Waals surface area contributed by atoms with Crippen molar-refractivity contribution in [2.45, 2.75) is 91.4 Å². The van der Waals surface area contributed by atoms with E-state index in [4.69, 9.17) is 28.4 Å². The molecule has 1 aliphatic carbocycles. The van der Waals surface area contributed by atoms with Crippen molar-refractivity contribution in [1.82, 2.24) is 5.32 Å². The highest BCUT2D eigenvalue weighted by Crippen LogP contribution is 2.53. The number of allylic oxidation sites excluding steroid dienone is 3. The van der Waals surface area contributed by atoms with Gasteiger partial charge >= 0.3 is 17.7 Å². The molecule has 54 heavy (non-hydrogen) atoms. The van der Waals surface area contributed by atoms with Crippen molar-refractivity contribution in [3.63, 3.8) is 0 Å². The molecule has 1 aromatic carbocycles. The lowest BCUT2D eigenvalue weighted by molar-refractivity contribution is -0.161. The quantitative estimate of drug-likeness (QED) is 0.320. The molecule has 0 radical (unpaired) electrons. The van der Waals surface area contributed by atoms with Crippen LogP contribution >= 0.6 is 0 Å². The number of carbonyl (C=O) groups excluding carboxylic acids is 5. The van der Waals surface area contributed by atoms with Gasteiger partial charge in [-0.05, 0) is 19.9 Å². The Labute approximate surface area is 312 Å². The molecule has 1 spiro atoms. The first-order valence-electron chi connectivity index (χ1n) is 17.6. The SMILES string of the molecule is CO[C@@H]1/C=C/O[C@@]2(C)Oc3c(C)c(O)c4c(c3C2=O)C2(C=C(NC(=O)/C(C)=C\C=C\[C@H](C)[C@H](O)[C@@H](C)[C@@H](O)[C@H](C)[C@@H](OC(C)=O)[C@H]1C)C4=O)OCC(=O)O2. The fraction of sp³-hybridized carbons (Fsp3) is 0.513. The number of methoxy groups -OCH3 is 1. The lowest BCUT2D eigenvalue weighted by atomic mass is 9.78. The van der Waals surface area contributed by atoms with Crippen LogP contribution in [0.4, 0.5) is 0 Å². The maximum absolute atomic E-state index is 14.3. The van der Waals surface area contributed by atoms with Crippen LogP contribution in [0.5, 0.6) is 11.5 Å². The summed E-state index contributed by atoms with van der Waals surface area (Å²) >= 11 is 0. The zero-order valence-corrected chi connectivity index (χ0v) is 31.6. The molecular formula is C39H47NO14. The van der Waals surface area contributed by atoms with Crippen molar-refractivity contribution in [2.75, 3.05) is 13.7 Å². The number of rotatable bonds is 2. The number of aliphatic hydroxyl groups is 2. The number of phenolic OH excluding ortho intramolecular Hbond substituents is 1. The number of ketones is 2. The average molecular weight is 754 g/mol. The first-order chi connectivity index (χ1) is 25.3. The standard InChI is InChI=1S/C39H47NO14/c1-17-11-10-12-18(2)37(48)40-24-15-39(51-16-26(42)53-39)29-27(33(24)46)32(45)22(6)35-28(29)36(47)38(8,54-35)50-14-13-25(49-9)19(3)34(52-23(7)41)21(5)31(44)20(4)30(17)43/h10-15,17,19-21,25,30-31,34,43-45H,16H2,1-9H3,(H,40,48)/b11-10+,14-13+,18-12-/t17-,19-,20+,21-,25+,30-,31+,34-,38-,39?/m0/s1. The van der Waals surface area contributed by atoms with Crippen LogP contribution in [0.1, 0.15) is 80.3 Å². The number of amides is 1. The maximum atomic E-state index is 14.3. The molecule has 10 atom stereocenters. The topological polar surface area (TPSA) is 213 Å². The zero-order chi connectivity index (χ0) is 40.0. The minimum absolute atomic E-state index is 0.00812. The third kappa shape index (κ3) is 7.08. The highest BCUT2D eigenvalue weighted by Gasteiger charge is 2.58. The van der Waals surface area contributed by atoms with E-state index in [1.807, 2.05) is 0 Å². The van der Waals surface area contributed by atoms with Gasteiger partial charge in [-0.25, -0.2) is 4.79 Å². The highest BCUT2D eigenvalue weighted by atomic mass is 16.8. The van der Waals surface area contributed by atoms with E-state index >= 15 is 0 Å². The second-order valence-corrected chi connectivity index (χ2v) is 14.4. The predicted octanol–water partition coefficient (Wildman–Crippen LogP) is 3.17. The Morgan fingerprint density at radius 3 is 2.26 bits per heavy atom. The van der Waals surface area contributed by atoms with Gasteiger partial charge in [-0.1, -0.05) is 45.9 Å². The van der Waals surface area contributed by atoms with E-state index in [1.54, 1.807) is 39.8 Å². The zero-order valence-electron chi connectivity index (χ0n) is 31.6. The fourth-order valence-corrected chi connectivity index (χ4v) is 7.37. The molecule has 292 valence electrons. The van der Waals surface area contributed by atoms with Gasteiger partial charge < -0.3 is 49.1 Å². The summed E-state index contributed by atoms with van der Waals surface area (Å²) in [5, 5.41) is 36.6. The van der Waals surface area contributed by atoms with Crippen molar-refractivity contribution in [3.05, 3.63) is 70.2 Å². The Hall–Kier alpha value is -4.83. The van der Waals surface area contributed by atoms with Crippen LogP contribution in [0.25, 0.3) is 0 Å². The minimum atomic E-state index is -2.21. The number of benzene rings is 1. The average Bonchev–Trinajstić information content (AvgIpc) is 3.62. The number of fused-ring (bicyclic) bond motifs is 13. The summed E-state index contributed by atoms with van der Waals surface area (Å²) in [7, 11) is 1.42. The number of ether oxygens (including phenoxy) is 6. The second-order valence-electron chi connectivity index (χ2n) is 14.4. The molecule has 1 amide bonds. The first-order valence-corrected chi connectivity index (χ1v) is 17.6. The number of carbonyl (C=O) groups is 5. The molecule has 5 bridgehead atoms. The predicted molar refractivity (Wildman–Crippen MR) is 189 cm³/mol. The van der Waals surface area contributed by atoms with E-state index in [9.17, 15) is 39.3 Å². The molecule has 0 saturated carbocycles. The van der Waals surface area contributed by atoms with Crippen LogP contribution < -0.4 is 10.1 Å². The van der Waals surface area contributed by atoms with Crippen molar-refractivity contribution in [1.29, 1.82) is 0 Å². The van der Waals surface area contributed by atoms with Crippen molar-refractivity contribution >= 4 is 29.4 Å². The number of hydrogen-bond donors (Lipinski definition) is 4. The number of hydrogen-bond acceptors (Lipinski definition) is 14. The van der Waals surface area contributed by atoms with Crippen LogP contribution in [0, 0.1) is 30.6 Å². The summed E-state index contributed by atoms with van der Waals surface area (Å²) in [6.07, 6.45) is 4.41. The van der Waals surface area contributed by atoms with Crippen LogP contribution in [0.3, 0.4) is 0 Å². The maximum Gasteiger partial charge on any atom is 0.335 e. The van der Waals surface area contributed by atoms with Gasteiger partial charge in [0, 0.05) is 61.8 Å². The largest absolute Gasteiger partial charge is 0.507 e. The van der Waals surface area contributed by atoms with Gasteiger partial charge in [0.25, 0.3) is 17.5 Å². The summed E-state index contributed by atoms with van der Waals surface area (Å²) in [5.74, 6) is -11.4. The summed E-state index contributed by atoms with van der Waals surface area (Å²) in [4.78, 5) is 66.6. The van der Waals surface area contributed by atoms with Crippen LogP contribution in [0.2, 0.25) is 0 Å². The molecule has 4 aliphatic heterocycles. The van der Waals surface area contributed by atoms with Crippen molar-refractivity contribution in [2.24, 2.45) is 23.7 Å². The van der Waals surface area contributed by atoms with E-state index in [2.05, 4.69) is 5.32 Å². The van der Waals surface area contributed by atoms with Gasteiger partial charge in [0.15, 0.2) is 0 Å². The number of phenols is 1. The Morgan fingerprint density at radius 2 is 1.65 bits per heavy atom. The monoisotopic (exact) mass is 753 g/mol. The van der Waals surface area contributed by atoms with Gasteiger partial charge in [0.2, 0.25) is 5.78 Å². The number of aromatic hydroxyl groups is 1. The Balaban J connectivity index is 1.66. The molecule has 5 aliphatic rings. The summed E-state index contributed by atoms with van der Waals surface area (Å²) in [6, 6.07) is 0. The van der Waals surface area contributed by atoms with Gasteiger partial charge in [0.05, 0.1) is 47.0 Å². The minimum Gasteiger partial charge on any atom is -0.507 e. The van der Waals surface area contributed by atoms with Gasteiger partial charge in [0.1, 0.15) is 24.2 Å². The van der Waals surface area contributed by atoms with E-state index in [-0.39, 0.29) is 33.7 Å². The summed E-state index contributed by atoms with van der Waals surface area (Å²) in [5.41, 5.74) is -1.23. The van der Waals surface area contributed by atoms with Crippen molar-refractivity contribution in [3.8, 4) is 11.5 Å². The first kappa shape index (κ1) is 40.4. The second kappa shape index (κ2) is 15.1.